The molecule has 0 radical (unpaired) electrons. The van der Waals surface area contributed by atoms with Crippen molar-refractivity contribution in [3.8, 4) is 5.75 Å². The summed E-state index contributed by atoms with van der Waals surface area (Å²) < 4.78 is 5.51. The molecule has 4 rings (SSSR count). The lowest BCUT2D eigenvalue weighted by atomic mass is 9.77. The molecule has 3 heterocycles. The Hall–Kier alpha value is -1.06. The topological polar surface area (TPSA) is 24.5 Å². The van der Waals surface area contributed by atoms with E-state index in [1.54, 1.807) is 12.7 Å². The van der Waals surface area contributed by atoms with Gasteiger partial charge in [0.1, 0.15) is 5.75 Å². The second-order valence-electron chi connectivity index (χ2n) is 6.98. The molecule has 0 unspecified atom stereocenters. The van der Waals surface area contributed by atoms with Gasteiger partial charge in [-0.05, 0) is 67.8 Å². The number of fused-ring (bicyclic) bond motifs is 4. The molecule has 1 aromatic carbocycles. The maximum Gasteiger partial charge on any atom is 0.122 e. The number of hydrogen-bond acceptors (Lipinski definition) is 3. The van der Waals surface area contributed by atoms with E-state index in [0.717, 1.165) is 17.7 Å². The van der Waals surface area contributed by atoms with Crippen LogP contribution in [0.25, 0.3) is 0 Å². The molecule has 3 aliphatic heterocycles. The van der Waals surface area contributed by atoms with E-state index < -0.39 is 0 Å². The lowest BCUT2D eigenvalue weighted by Gasteiger charge is -2.49. The predicted molar refractivity (Wildman–Crippen MR) is 84.9 cm³/mol. The quantitative estimate of drug-likeness (QED) is 0.859. The number of nitrogens with one attached hydrogen (secondary N) is 1. The Morgan fingerprint density at radius 2 is 2.24 bits per heavy atom. The highest BCUT2D eigenvalue weighted by atomic mass is 16.5. The summed E-state index contributed by atoms with van der Waals surface area (Å²) >= 11 is 0. The van der Waals surface area contributed by atoms with Gasteiger partial charge in [0.15, 0.2) is 0 Å². The summed E-state index contributed by atoms with van der Waals surface area (Å²) in [5.74, 6) is 1.92. The Labute approximate surface area is 127 Å². The summed E-state index contributed by atoms with van der Waals surface area (Å²) in [6.07, 6.45) is 5.22. The van der Waals surface area contributed by atoms with Gasteiger partial charge in [-0.2, -0.15) is 0 Å². The maximum absolute atomic E-state index is 5.51. The smallest absolute Gasteiger partial charge is 0.122 e. The van der Waals surface area contributed by atoms with Gasteiger partial charge >= 0.3 is 0 Å². The molecular formula is C18H26N2O. The normalized spacial score (nSPS) is 32.0. The van der Waals surface area contributed by atoms with E-state index in [1.807, 2.05) is 0 Å². The maximum atomic E-state index is 5.51. The van der Waals surface area contributed by atoms with E-state index in [4.69, 9.17) is 4.74 Å². The fraction of sp³-hybridized carbons (Fsp3) is 0.667. The van der Waals surface area contributed by atoms with E-state index in [9.17, 15) is 0 Å². The first-order chi connectivity index (χ1) is 10.3. The Morgan fingerprint density at radius 3 is 3.10 bits per heavy atom. The number of ether oxygens (including phenoxy) is 1. The monoisotopic (exact) mass is 286 g/mol. The van der Waals surface area contributed by atoms with Crippen molar-refractivity contribution >= 4 is 0 Å². The molecule has 21 heavy (non-hydrogen) atoms. The highest BCUT2D eigenvalue weighted by molar-refractivity contribution is 5.45. The minimum atomic E-state index is 0.616. The number of benzene rings is 1. The second-order valence-corrected chi connectivity index (χ2v) is 6.98. The number of hydrogen-bond donors (Lipinski definition) is 1. The van der Waals surface area contributed by atoms with Crippen LogP contribution in [0.3, 0.4) is 0 Å². The first-order valence-electron chi connectivity index (χ1n) is 8.41. The molecule has 0 aromatic heterocycles. The van der Waals surface area contributed by atoms with Gasteiger partial charge in [-0.15, -0.1) is 0 Å². The number of piperidine rings is 2. The lowest BCUT2D eigenvalue weighted by Crippen LogP contribution is -2.54. The summed E-state index contributed by atoms with van der Waals surface area (Å²) in [5, 5.41) is 3.77. The average molecular weight is 286 g/mol. The first kappa shape index (κ1) is 13.6. The van der Waals surface area contributed by atoms with Crippen molar-refractivity contribution < 1.29 is 4.74 Å². The van der Waals surface area contributed by atoms with Gasteiger partial charge in [0, 0.05) is 25.2 Å². The Morgan fingerprint density at radius 1 is 1.33 bits per heavy atom. The minimum Gasteiger partial charge on any atom is -0.496 e. The van der Waals surface area contributed by atoms with Crippen LogP contribution in [0.1, 0.15) is 42.0 Å². The fourth-order valence-electron chi connectivity index (χ4n) is 4.67. The predicted octanol–water partition coefficient (Wildman–Crippen LogP) is 2.67. The van der Waals surface area contributed by atoms with Crippen molar-refractivity contribution in [1.29, 1.82) is 0 Å². The van der Waals surface area contributed by atoms with Gasteiger partial charge < -0.3 is 10.1 Å². The summed E-state index contributed by atoms with van der Waals surface area (Å²) in [7, 11) is 1.78. The van der Waals surface area contributed by atoms with E-state index in [0.29, 0.717) is 6.04 Å². The van der Waals surface area contributed by atoms with Crippen LogP contribution >= 0.6 is 0 Å². The van der Waals surface area contributed by atoms with Crippen LogP contribution in [0.2, 0.25) is 0 Å². The molecule has 0 spiro atoms. The molecule has 3 heteroatoms. The molecule has 2 fully saturated rings. The standard InChI is InChI=1S/C18H26N2O/c1-12-8-15-13(9-18(12)21-2)5-7-20-11-14-4-3-6-19-16(14)10-17(15)20/h8-9,14,16-17,19H,3-7,10-11H2,1-2H3/t14-,16+,17+/m1/s1. The lowest BCUT2D eigenvalue weighted by molar-refractivity contribution is 0.0551. The average Bonchev–Trinajstić information content (AvgIpc) is 2.52. The van der Waals surface area contributed by atoms with Crippen LogP contribution in [-0.4, -0.2) is 37.7 Å². The van der Waals surface area contributed by atoms with Gasteiger partial charge in [-0.1, -0.05) is 6.07 Å². The highest BCUT2D eigenvalue weighted by Gasteiger charge is 2.39. The van der Waals surface area contributed by atoms with Gasteiger partial charge in [0.2, 0.25) is 0 Å². The molecule has 114 valence electrons. The number of nitrogens with zero attached hydrogens (tertiary/aromatic N) is 1. The molecule has 0 saturated carbocycles. The SMILES string of the molecule is COc1cc2c(cc1C)[C@@H]1C[C@@H]3NCCC[C@@H]3CN1CC2. The van der Waals surface area contributed by atoms with Crippen molar-refractivity contribution in [2.24, 2.45) is 5.92 Å². The summed E-state index contributed by atoms with van der Waals surface area (Å²) in [4.78, 5) is 2.74. The second kappa shape index (κ2) is 5.29. The van der Waals surface area contributed by atoms with Gasteiger partial charge in [0.25, 0.3) is 0 Å². The van der Waals surface area contributed by atoms with Gasteiger partial charge in [-0.25, -0.2) is 0 Å². The molecule has 1 N–H and O–H groups in total. The summed E-state index contributed by atoms with van der Waals surface area (Å²) in [6.45, 7) is 5.88. The molecule has 2 saturated heterocycles. The van der Waals surface area contributed by atoms with E-state index >= 15 is 0 Å². The van der Waals surface area contributed by atoms with E-state index in [-0.39, 0.29) is 0 Å². The number of aryl methyl sites for hydroxylation is 1. The van der Waals surface area contributed by atoms with E-state index in [2.05, 4.69) is 29.3 Å². The Balaban J connectivity index is 1.66. The molecule has 1 aromatic rings. The van der Waals surface area contributed by atoms with Crippen LogP contribution in [0, 0.1) is 12.8 Å². The zero-order chi connectivity index (χ0) is 14.4. The highest BCUT2D eigenvalue weighted by Crippen LogP contribution is 2.42. The minimum absolute atomic E-state index is 0.616. The van der Waals surface area contributed by atoms with Crippen LogP contribution in [0.15, 0.2) is 12.1 Å². The third-order valence-corrected chi connectivity index (χ3v) is 5.80. The summed E-state index contributed by atoms with van der Waals surface area (Å²) in [5.41, 5.74) is 4.34. The molecule has 3 nitrogen and oxygen atoms in total. The third-order valence-electron chi connectivity index (χ3n) is 5.80. The van der Waals surface area contributed by atoms with Crippen LogP contribution in [-0.2, 0) is 6.42 Å². The number of methoxy groups -OCH3 is 1. The Kier molecular flexibility index (Phi) is 3.43. The van der Waals surface area contributed by atoms with Gasteiger partial charge in [-0.3, -0.25) is 4.90 Å². The Bertz CT molecular complexity index is 542. The van der Waals surface area contributed by atoms with Crippen molar-refractivity contribution in [2.45, 2.75) is 44.7 Å². The van der Waals surface area contributed by atoms with Crippen molar-refractivity contribution in [2.75, 3.05) is 26.7 Å². The van der Waals surface area contributed by atoms with Crippen molar-refractivity contribution in [3.63, 3.8) is 0 Å². The van der Waals surface area contributed by atoms with Crippen molar-refractivity contribution in [3.05, 3.63) is 28.8 Å². The molecule has 0 bridgehead atoms. The van der Waals surface area contributed by atoms with Crippen LogP contribution in [0.4, 0.5) is 0 Å². The van der Waals surface area contributed by atoms with E-state index in [1.165, 1.54) is 56.4 Å². The number of rotatable bonds is 1. The van der Waals surface area contributed by atoms with Crippen LogP contribution in [0.5, 0.6) is 5.75 Å². The largest absolute Gasteiger partial charge is 0.496 e. The fourth-order valence-corrected chi connectivity index (χ4v) is 4.67. The first-order valence-corrected chi connectivity index (χ1v) is 8.41. The van der Waals surface area contributed by atoms with Crippen molar-refractivity contribution in [1.82, 2.24) is 10.2 Å². The zero-order valence-corrected chi connectivity index (χ0v) is 13.2. The van der Waals surface area contributed by atoms with Crippen LogP contribution < -0.4 is 10.1 Å². The molecular weight excluding hydrogens is 260 g/mol. The molecule has 3 aliphatic rings. The molecule has 3 atom stereocenters. The van der Waals surface area contributed by atoms with Gasteiger partial charge in [0.05, 0.1) is 7.11 Å². The summed E-state index contributed by atoms with van der Waals surface area (Å²) in [6, 6.07) is 6.01. The third kappa shape index (κ3) is 2.27. The molecule has 0 amide bonds. The zero-order valence-electron chi connectivity index (χ0n) is 13.2. The molecule has 0 aliphatic carbocycles.